The van der Waals surface area contributed by atoms with Crippen LogP contribution in [-0.2, 0) is 0 Å². The zero-order valence-corrected chi connectivity index (χ0v) is 8.21. The van der Waals surface area contributed by atoms with Crippen molar-refractivity contribution in [1.29, 1.82) is 0 Å². The van der Waals surface area contributed by atoms with Crippen LogP contribution in [0.5, 0.6) is 5.88 Å². The van der Waals surface area contributed by atoms with Gasteiger partial charge in [-0.15, -0.1) is 0 Å². The third kappa shape index (κ3) is 2.50. The summed E-state index contributed by atoms with van der Waals surface area (Å²) in [6, 6.07) is 1.48. The number of ether oxygens (including phenoxy) is 1. The molecule has 1 amide bonds. The van der Waals surface area contributed by atoms with Gasteiger partial charge in [0, 0.05) is 6.20 Å². The zero-order chi connectivity index (χ0) is 10.6. The lowest BCUT2D eigenvalue weighted by molar-refractivity contribution is 0.209. The van der Waals surface area contributed by atoms with Gasteiger partial charge in [-0.3, -0.25) is 5.32 Å². The first-order valence-corrected chi connectivity index (χ1v) is 4.30. The first kappa shape index (κ1) is 10.6. The molecule has 1 rings (SSSR count). The first-order valence-electron chi connectivity index (χ1n) is 3.92. The van der Waals surface area contributed by atoms with Crippen LogP contribution in [0.2, 0.25) is 5.02 Å². The summed E-state index contributed by atoms with van der Waals surface area (Å²) >= 11 is 5.76. The molecule has 5 nitrogen and oxygen atoms in total. The summed E-state index contributed by atoms with van der Waals surface area (Å²) < 4.78 is 5.10. The summed E-state index contributed by atoms with van der Waals surface area (Å²) in [7, 11) is 0. The van der Waals surface area contributed by atoms with Crippen LogP contribution >= 0.6 is 11.6 Å². The maximum absolute atomic E-state index is 10.4. The van der Waals surface area contributed by atoms with Gasteiger partial charge in [-0.05, 0) is 13.0 Å². The number of anilines is 1. The van der Waals surface area contributed by atoms with Crippen molar-refractivity contribution >= 4 is 23.4 Å². The second-order valence-corrected chi connectivity index (χ2v) is 2.74. The minimum absolute atomic E-state index is 0.170. The molecule has 0 bridgehead atoms. The number of pyridine rings is 1. The lowest BCUT2D eigenvalue weighted by atomic mass is 10.4. The molecular formula is C8H9ClN2O3. The van der Waals surface area contributed by atoms with Crippen LogP contribution in [0.15, 0.2) is 12.3 Å². The number of amides is 1. The maximum atomic E-state index is 10.4. The second-order valence-electron chi connectivity index (χ2n) is 2.34. The van der Waals surface area contributed by atoms with Gasteiger partial charge in [0.2, 0.25) is 5.88 Å². The molecule has 14 heavy (non-hydrogen) atoms. The molecule has 0 saturated heterocycles. The van der Waals surface area contributed by atoms with E-state index < -0.39 is 6.09 Å². The van der Waals surface area contributed by atoms with Crippen LogP contribution < -0.4 is 10.1 Å². The monoisotopic (exact) mass is 216 g/mol. The highest BCUT2D eigenvalue weighted by atomic mass is 35.5. The van der Waals surface area contributed by atoms with Gasteiger partial charge in [-0.25, -0.2) is 9.78 Å². The second kappa shape index (κ2) is 4.66. The summed E-state index contributed by atoms with van der Waals surface area (Å²) in [5.41, 5.74) is 0.170. The van der Waals surface area contributed by atoms with Crippen molar-refractivity contribution in [3.05, 3.63) is 17.3 Å². The van der Waals surface area contributed by atoms with E-state index >= 15 is 0 Å². The number of carboxylic acid groups (broad SMARTS) is 1. The third-order valence-corrected chi connectivity index (χ3v) is 1.69. The van der Waals surface area contributed by atoms with Gasteiger partial charge in [0.25, 0.3) is 0 Å². The van der Waals surface area contributed by atoms with Gasteiger partial charge in [0.15, 0.2) is 0 Å². The van der Waals surface area contributed by atoms with Crippen LogP contribution in [-0.4, -0.2) is 22.8 Å². The van der Waals surface area contributed by atoms with E-state index in [1.54, 1.807) is 6.92 Å². The molecule has 0 radical (unpaired) electrons. The highest BCUT2D eigenvalue weighted by Gasteiger charge is 2.11. The fraction of sp³-hybridized carbons (Fsp3) is 0.250. The number of carbonyl (C=O) groups is 1. The molecule has 0 unspecified atom stereocenters. The average Bonchev–Trinajstić information content (AvgIpc) is 2.11. The van der Waals surface area contributed by atoms with Gasteiger partial charge in [-0.2, -0.15) is 0 Å². The Balaban J connectivity index is 3.02. The quantitative estimate of drug-likeness (QED) is 0.813. The van der Waals surface area contributed by atoms with E-state index in [0.29, 0.717) is 6.61 Å². The molecular weight excluding hydrogens is 208 g/mol. The van der Waals surface area contributed by atoms with Gasteiger partial charge in [0.1, 0.15) is 5.69 Å². The van der Waals surface area contributed by atoms with Crippen LogP contribution in [0.4, 0.5) is 10.5 Å². The largest absolute Gasteiger partial charge is 0.476 e. The molecule has 0 aliphatic carbocycles. The molecule has 0 atom stereocenters. The van der Waals surface area contributed by atoms with Crippen molar-refractivity contribution in [1.82, 2.24) is 4.98 Å². The molecule has 1 aromatic rings. The predicted octanol–water partition coefficient (Wildman–Crippen LogP) is 2.22. The molecule has 2 N–H and O–H groups in total. The Morgan fingerprint density at radius 1 is 1.79 bits per heavy atom. The van der Waals surface area contributed by atoms with Crippen LogP contribution in [0.25, 0.3) is 0 Å². The number of hydrogen-bond donors (Lipinski definition) is 2. The lowest BCUT2D eigenvalue weighted by Crippen LogP contribution is -2.10. The molecule has 0 aliphatic rings. The predicted molar refractivity (Wildman–Crippen MR) is 52.1 cm³/mol. The maximum Gasteiger partial charge on any atom is 0.409 e. The lowest BCUT2D eigenvalue weighted by Gasteiger charge is -2.09. The fourth-order valence-corrected chi connectivity index (χ4v) is 1.07. The summed E-state index contributed by atoms with van der Waals surface area (Å²) in [6.07, 6.45) is 0.237. The zero-order valence-electron chi connectivity index (χ0n) is 7.45. The summed E-state index contributed by atoms with van der Waals surface area (Å²) in [6.45, 7) is 2.16. The summed E-state index contributed by atoms with van der Waals surface area (Å²) in [5.74, 6) is 0.183. The van der Waals surface area contributed by atoms with Crippen molar-refractivity contribution < 1.29 is 14.6 Å². The standard InChI is InChI=1S/C8H9ClN2O3/c1-2-14-7-6(11-8(12)13)5(9)3-4-10-7/h3-4,11H,2H2,1H3,(H,12,13). The Kier molecular flexibility index (Phi) is 3.53. The van der Waals surface area contributed by atoms with Crippen LogP contribution in [0.1, 0.15) is 6.92 Å². The van der Waals surface area contributed by atoms with Crippen LogP contribution in [0.3, 0.4) is 0 Å². The van der Waals surface area contributed by atoms with E-state index in [4.69, 9.17) is 21.4 Å². The van der Waals surface area contributed by atoms with E-state index in [1.807, 2.05) is 0 Å². The summed E-state index contributed by atoms with van der Waals surface area (Å²) in [5, 5.41) is 10.9. The molecule has 0 spiro atoms. The molecule has 0 aliphatic heterocycles. The van der Waals surface area contributed by atoms with E-state index in [-0.39, 0.29) is 16.6 Å². The van der Waals surface area contributed by atoms with Crippen molar-refractivity contribution in [2.24, 2.45) is 0 Å². The molecule has 0 fully saturated rings. The Bertz CT molecular complexity index is 343. The molecule has 6 heteroatoms. The van der Waals surface area contributed by atoms with Crippen molar-refractivity contribution in [2.75, 3.05) is 11.9 Å². The van der Waals surface area contributed by atoms with Crippen molar-refractivity contribution in [3.63, 3.8) is 0 Å². The Hall–Kier alpha value is -1.49. The van der Waals surface area contributed by atoms with E-state index in [9.17, 15) is 4.79 Å². The topological polar surface area (TPSA) is 71.5 Å². The Morgan fingerprint density at radius 2 is 2.50 bits per heavy atom. The van der Waals surface area contributed by atoms with E-state index in [2.05, 4.69) is 10.3 Å². The van der Waals surface area contributed by atoms with Crippen molar-refractivity contribution in [3.8, 4) is 5.88 Å². The minimum Gasteiger partial charge on any atom is -0.476 e. The number of halogens is 1. The Morgan fingerprint density at radius 3 is 3.07 bits per heavy atom. The highest BCUT2D eigenvalue weighted by Crippen LogP contribution is 2.29. The van der Waals surface area contributed by atoms with Gasteiger partial charge < -0.3 is 9.84 Å². The first-order chi connectivity index (χ1) is 6.65. The molecule has 76 valence electrons. The molecule has 1 aromatic heterocycles. The SMILES string of the molecule is CCOc1nccc(Cl)c1NC(=O)O. The highest BCUT2D eigenvalue weighted by molar-refractivity contribution is 6.33. The fourth-order valence-electron chi connectivity index (χ4n) is 0.887. The number of nitrogens with zero attached hydrogens (tertiary/aromatic N) is 1. The van der Waals surface area contributed by atoms with E-state index in [0.717, 1.165) is 0 Å². The molecule has 0 aromatic carbocycles. The number of aromatic nitrogens is 1. The van der Waals surface area contributed by atoms with Crippen molar-refractivity contribution in [2.45, 2.75) is 6.92 Å². The van der Waals surface area contributed by atoms with E-state index in [1.165, 1.54) is 12.3 Å². The normalized spacial score (nSPS) is 9.57. The number of hydrogen-bond acceptors (Lipinski definition) is 3. The third-order valence-electron chi connectivity index (χ3n) is 1.38. The van der Waals surface area contributed by atoms with Crippen LogP contribution in [0, 0.1) is 0 Å². The van der Waals surface area contributed by atoms with Gasteiger partial charge in [-0.1, -0.05) is 11.6 Å². The Labute approximate surface area is 85.7 Å². The summed E-state index contributed by atoms with van der Waals surface area (Å²) in [4.78, 5) is 14.3. The minimum atomic E-state index is -1.21. The molecule has 0 saturated carbocycles. The number of rotatable bonds is 3. The smallest absolute Gasteiger partial charge is 0.409 e. The van der Waals surface area contributed by atoms with Gasteiger partial charge in [0.05, 0.1) is 11.6 Å². The average molecular weight is 217 g/mol. The molecule has 1 heterocycles. The van der Waals surface area contributed by atoms with Gasteiger partial charge >= 0.3 is 6.09 Å². The number of nitrogens with one attached hydrogen (secondary N) is 1.